The monoisotopic (exact) mass is 365 g/mol. The number of para-hydroxylation sites is 1. The topological polar surface area (TPSA) is 29.1 Å². The van der Waals surface area contributed by atoms with E-state index in [0.717, 1.165) is 29.0 Å². The number of anilines is 1. The Hall–Kier alpha value is -2.00. The van der Waals surface area contributed by atoms with Crippen LogP contribution in [0.15, 0.2) is 60.0 Å². The van der Waals surface area contributed by atoms with Crippen LogP contribution in [0.1, 0.15) is 44.7 Å². The summed E-state index contributed by atoms with van der Waals surface area (Å²) in [4.78, 5) is 14.2. The van der Waals surface area contributed by atoms with Crippen molar-refractivity contribution in [3.63, 3.8) is 0 Å². The van der Waals surface area contributed by atoms with Gasteiger partial charge in [0.2, 0.25) is 5.91 Å². The van der Waals surface area contributed by atoms with E-state index in [1.807, 2.05) is 49.0 Å². The van der Waals surface area contributed by atoms with E-state index >= 15 is 0 Å². The molecule has 2 aromatic carbocycles. The Balaban J connectivity index is 1.84. The number of amides is 1. The lowest BCUT2D eigenvalue weighted by Crippen LogP contribution is -2.25. The zero-order chi connectivity index (χ0) is 18.7. The molecule has 3 rings (SSSR count). The molecule has 2 aromatic rings. The minimum Gasteiger partial charge on any atom is -0.326 e. The van der Waals surface area contributed by atoms with Crippen LogP contribution in [0.2, 0.25) is 0 Å². The van der Waals surface area contributed by atoms with Crippen molar-refractivity contribution in [3.8, 4) is 0 Å². The Bertz CT molecular complexity index is 810. The fourth-order valence-corrected chi connectivity index (χ4v) is 4.96. The number of benzene rings is 2. The van der Waals surface area contributed by atoms with Crippen molar-refractivity contribution in [1.29, 1.82) is 0 Å². The number of fused-ring (bicyclic) bond motifs is 1. The Morgan fingerprint density at radius 3 is 2.65 bits per heavy atom. The molecule has 1 aliphatic heterocycles. The summed E-state index contributed by atoms with van der Waals surface area (Å²) >= 11 is 1.92. The molecule has 1 N–H and O–H groups in total. The van der Waals surface area contributed by atoms with Crippen LogP contribution in [0.25, 0.3) is 5.57 Å². The molecule has 2 nitrogen and oxygen atoms in total. The van der Waals surface area contributed by atoms with Crippen LogP contribution in [0.4, 0.5) is 5.69 Å². The fraction of sp³-hybridized carbons (Fsp3) is 0.348. The minimum absolute atomic E-state index is 0.00931. The number of carbonyl (C=O) groups is 1. The van der Waals surface area contributed by atoms with Crippen molar-refractivity contribution in [3.05, 3.63) is 66.2 Å². The summed E-state index contributed by atoms with van der Waals surface area (Å²) in [6, 6.07) is 16.2. The number of thioether (sulfide) groups is 1. The molecule has 1 heterocycles. The van der Waals surface area contributed by atoms with E-state index in [1.165, 1.54) is 16.9 Å². The van der Waals surface area contributed by atoms with Gasteiger partial charge in [-0.15, -0.1) is 11.8 Å². The molecule has 1 atom stereocenters. The third kappa shape index (κ3) is 3.88. The van der Waals surface area contributed by atoms with E-state index in [9.17, 15) is 4.79 Å². The smallest absolute Gasteiger partial charge is 0.231 e. The van der Waals surface area contributed by atoms with Crippen molar-refractivity contribution in [2.75, 3.05) is 11.1 Å². The first-order valence-electron chi connectivity index (χ1n) is 9.25. The highest BCUT2D eigenvalue weighted by atomic mass is 32.2. The lowest BCUT2D eigenvalue weighted by molar-refractivity contribution is -0.118. The second-order valence-corrected chi connectivity index (χ2v) is 8.67. The number of nitrogens with one attached hydrogen (secondary N) is 1. The first kappa shape index (κ1) is 18.8. The highest BCUT2D eigenvalue weighted by Gasteiger charge is 2.29. The summed E-state index contributed by atoms with van der Waals surface area (Å²) in [5.41, 5.74) is 4.35. The average molecular weight is 366 g/mol. The Morgan fingerprint density at radius 1 is 1.23 bits per heavy atom. The number of rotatable bonds is 5. The Kier molecular flexibility index (Phi) is 5.57. The molecule has 0 spiro atoms. The zero-order valence-corrected chi connectivity index (χ0v) is 16.7. The molecule has 0 unspecified atom stereocenters. The predicted octanol–water partition coefficient (Wildman–Crippen LogP) is 6.14. The first-order valence-corrected chi connectivity index (χ1v) is 10.2. The van der Waals surface area contributed by atoms with E-state index in [0.29, 0.717) is 0 Å². The standard InChI is InChI=1S/C23H27NOS/c1-5-19(22(25)24-18-9-7-6-8-10-18)16(2)17-11-12-21-20(15-17)23(3,4)13-14-26-21/h6-12,15,19H,2,5,13-14H2,1,3-4H3,(H,24,25)/t19-/m0/s1. The number of carbonyl (C=O) groups excluding carboxylic acids is 1. The highest BCUT2D eigenvalue weighted by Crippen LogP contribution is 2.43. The quantitative estimate of drug-likeness (QED) is 0.689. The Morgan fingerprint density at radius 2 is 1.96 bits per heavy atom. The van der Waals surface area contributed by atoms with Crippen molar-refractivity contribution in [2.45, 2.75) is 43.9 Å². The summed E-state index contributed by atoms with van der Waals surface area (Å²) in [5.74, 6) is 0.944. The van der Waals surface area contributed by atoms with Crippen LogP contribution in [0, 0.1) is 5.92 Å². The summed E-state index contributed by atoms with van der Waals surface area (Å²) < 4.78 is 0. The lowest BCUT2D eigenvalue weighted by atomic mass is 9.79. The van der Waals surface area contributed by atoms with E-state index in [1.54, 1.807) is 0 Å². The van der Waals surface area contributed by atoms with Gasteiger partial charge in [0.25, 0.3) is 0 Å². The van der Waals surface area contributed by atoms with E-state index < -0.39 is 0 Å². The second-order valence-electron chi connectivity index (χ2n) is 7.53. The van der Waals surface area contributed by atoms with Gasteiger partial charge < -0.3 is 5.32 Å². The molecule has 0 bridgehead atoms. The molecule has 0 fully saturated rings. The van der Waals surface area contributed by atoms with Gasteiger partial charge in [-0.1, -0.05) is 51.6 Å². The summed E-state index contributed by atoms with van der Waals surface area (Å²) in [7, 11) is 0. The maximum atomic E-state index is 12.8. The molecular formula is C23H27NOS. The number of hydrogen-bond acceptors (Lipinski definition) is 2. The van der Waals surface area contributed by atoms with Gasteiger partial charge in [0.15, 0.2) is 0 Å². The van der Waals surface area contributed by atoms with Gasteiger partial charge in [-0.2, -0.15) is 0 Å². The van der Waals surface area contributed by atoms with Gasteiger partial charge in [-0.05, 0) is 65.0 Å². The van der Waals surface area contributed by atoms with Crippen molar-refractivity contribution >= 4 is 28.9 Å². The molecule has 1 amide bonds. The van der Waals surface area contributed by atoms with Gasteiger partial charge >= 0.3 is 0 Å². The van der Waals surface area contributed by atoms with Crippen LogP contribution in [-0.2, 0) is 10.2 Å². The molecule has 26 heavy (non-hydrogen) atoms. The van der Waals surface area contributed by atoms with Crippen molar-refractivity contribution < 1.29 is 4.79 Å². The minimum atomic E-state index is -0.229. The Labute approximate surface area is 161 Å². The molecule has 3 heteroatoms. The van der Waals surface area contributed by atoms with E-state index in [-0.39, 0.29) is 17.2 Å². The molecule has 0 saturated heterocycles. The molecule has 1 aliphatic rings. The second kappa shape index (κ2) is 7.71. The molecule has 136 valence electrons. The normalized spacial score (nSPS) is 16.4. The molecule has 0 radical (unpaired) electrons. The summed E-state index contributed by atoms with van der Waals surface area (Å²) in [6.07, 6.45) is 1.90. The lowest BCUT2D eigenvalue weighted by Gasteiger charge is -2.33. The zero-order valence-electron chi connectivity index (χ0n) is 15.8. The molecule has 0 aromatic heterocycles. The van der Waals surface area contributed by atoms with Gasteiger partial charge in [0.1, 0.15) is 0 Å². The van der Waals surface area contributed by atoms with E-state index in [2.05, 4.69) is 43.9 Å². The summed E-state index contributed by atoms with van der Waals surface area (Å²) in [6.45, 7) is 10.9. The van der Waals surface area contributed by atoms with Crippen LogP contribution >= 0.6 is 11.8 Å². The van der Waals surface area contributed by atoms with Gasteiger partial charge in [-0.3, -0.25) is 4.79 Å². The van der Waals surface area contributed by atoms with Crippen LogP contribution in [-0.4, -0.2) is 11.7 Å². The number of hydrogen-bond donors (Lipinski definition) is 1. The van der Waals surface area contributed by atoms with E-state index in [4.69, 9.17) is 0 Å². The third-order valence-corrected chi connectivity index (χ3v) is 6.33. The SMILES string of the molecule is C=C(c1ccc2c(c1)C(C)(C)CCS2)[C@H](CC)C(=O)Nc1ccccc1. The van der Waals surface area contributed by atoms with Crippen molar-refractivity contribution in [1.82, 2.24) is 0 Å². The maximum Gasteiger partial charge on any atom is 0.231 e. The van der Waals surface area contributed by atoms with Crippen molar-refractivity contribution in [2.24, 2.45) is 5.92 Å². The van der Waals surface area contributed by atoms with Gasteiger partial charge in [0.05, 0.1) is 5.92 Å². The first-order chi connectivity index (χ1) is 12.4. The van der Waals surface area contributed by atoms with Gasteiger partial charge in [-0.25, -0.2) is 0 Å². The van der Waals surface area contributed by atoms with Crippen LogP contribution in [0.5, 0.6) is 0 Å². The molecular weight excluding hydrogens is 338 g/mol. The van der Waals surface area contributed by atoms with Gasteiger partial charge in [0, 0.05) is 10.6 Å². The summed E-state index contributed by atoms with van der Waals surface area (Å²) in [5, 5.41) is 3.02. The molecule has 0 saturated carbocycles. The predicted molar refractivity (Wildman–Crippen MR) is 113 cm³/mol. The molecule has 0 aliphatic carbocycles. The average Bonchev–Trinajstić information content (AvgIpc) is 2.62. The third-order valence-electron chi connectivity index (χ3n) is 5.25. The largest absolute Gasteiger partial charge is 0.326 e. The van der Waals surface area contributed by atoms with Crippen LogP contribution in [0.3, 0.4) is 0 Å². The fourth-order valence-electron chi connectivity index (χ4n) is 3.48. The maximum absolute atomic E-state index is 12.8. The highest BCUT2D eigenvalue weighted by molar-refractivity contribution is 7.99. The van der Waals surface area contributed by atoms with Crippen LogP contribution < -0.4 is 5.32 Å².